The summed E-state index contributed by atoms with van der Waals surface area (Å²) in [5.41, 5.74) is 2.73. The first-order chi connectivity index (χ1) is 9.80. The Morgan fingerprint density at radius 3 is 2.80 bits per heavy atom. The Kier molecular flexibility index (Phi) is 6.40. The molecule has 1 aromatic rings. The van der Waals surface area contributed by atoms with Crippen molar-refractivity contribution >= 4 is 23.2 Å². The lowest BCUT2D eigenvalue weighted by Gasteiger charge is -2.28. The Hall–Kier alpha value is -0.510. The number of hydrogen-bond acceptors (Lipinski definition) is 3. The third-order valence-corrected chi connectivity index (χ3v) is 4.07. The van der Waals surface area contributed by atoms with Crippen LogP contribution in [0, 0.1) is 0 Å². The van der Waals surface area contributed by atoms with E-state index in [1.54, 1.807) is 6.20 Å². The Bertz CT molecular complexity index is 440. The fourth-order valence-electron chi connectivity index (χ4n) is 2.34. The molecule has 0 saturated carbocycles. The van der Waals surface area contributed by atoms with Gasteiger partial charge >= 0.3 is 0 Å². The molecule has 0 amide bonds. The standard InChI is InChI=1S/C15H21Cl2NO2/c1-2-3-4-5-6-14-19-10-12-11(7-16)9-18-13(8-17)15(12)20-14/h9,14H,2-8,10H2,1H3. The molecule has 0 radical (unpaired) electrons. The van der Waals surface area contributed by atoms with Crippen molar-refractivity contribution < 1.29 is 9.47 Å². The lowest BCUT2D eigenvalue weighted by atomic mass is 10.1. The van der Waals surface area contributed by atoms with E-state index in [0.717, 1.165) is 35.4 Å². The molecule has 2 rings (SSSR count). The van der Waals surface area contributed by atoms with Crippen LogP contribution in [0.1, 0.15) is 55.8 Å². The molecule has 0 fully saturated rings. The molecule has 1 unspecified atom stereocenters. The molecule has 20 heavy (non-hydrogen) atoms. The predicted molar refractivity (Wildman–Crippen MR) is 81.3 cm³/mol. The molecule has 0 N–H and O–H groups in total. The molecule has 1 aromatic heterocycles. The fourth-order valence-corrected chi connectivity index (χ4v) is 2.76. The van der Waals surface area contributed by atoms with E-state index in [2.05, 4.69) is 11.9 Å². The third-order valence-electron chi connectivity index (χ3n) is 3.53. The lowest BCUT2D eigenvalue weighted by molar-refractivity contribution is -0.113. The van der Waals surface area contributed by atoms with Crippen molar-refractivity contribution in [3.05, 3.63) is 23.0 Å². The number of unbranched alkanes of at least 4 members (excludes halogenated alkanes) is 3. The van der Waals surface area contributed by atoms with E-state index in [1.165, 1.54) is 19.3 Å². The summed E-state index contributed by atoms with van der Waals surface area (Å²) in [7, 11) is 0. The van der Waals surface area contributed by atoms with Crippen LogP contribution in [0.15, 0.2) is 6.20 Å². The quantitative estimate of drug-likeness (QED) is 0.536. The SMILES string of the molecule is CCCCCCC1OCc2c(CCl)cnc(CCl)c2O1. The molecular formula is C15H21Cl2NO2. The van der Waals surface area contributed by atoms with Gasteiger partial charge in [0.15, 0.2) is 12.0 Å². The number of fused-ring (bicyclic) bond motifs is 1. The second-order valence-electron chi connectivity index (χ2n) is 5.01. The van der Waals surface area contributed by atoms with Crippen LogP contribution >= 0.6 is 23.2 Å². The summed E-state index contributed by atoms with van der Waals surface area (Å²) >= 11 is 11.9. The van der Waals surface area contributed by atoms with Crippen molar-refractivity contribution in [3.63, 3.8) is 0 Å². The van der Waals surface area contributed by atoms with Gasteiger partial charge in [-0.25, -0.2) is 0 Å². The summed E-state index contributed by atoms with van der Waals surface area (Å²) in [6.07, 6.45) is 7.31. The molecule has 2 heterocycles. The minimum absolute atomic E-state index is 0.186. The minimum Gasteiger partial charge on any atom is -0.463 e. The monoisotopic (exact) mass is 317 g/mol. The summed E-state index contributed by atoms with van der Waals surface area (Å²) in [5.74, 6) is 1.53. The van der Waals surface area contributed by atoms with Gasteiger partial charge < -0.3 is 9.47 Å². The average molecular weight is 318 g/mol. The van der Waals surface area contributed by atoms with Gasteiger partial charge in [0.25, 0.3) is 0 Å². The van der Waals surface area contributed by atoms with Gasteiger partial charge in [0.2, 0.25) is 0 Å². The Labute approximate surface area is 130 Å². The van der Waals surface area contributed by atoms with E-state index >= 15 is 0 Å². The van der Waals surface area contributed by atoms with Crippen LogP contribution in [0.25, 0.3) is 0 Å². The first-order valence-electron chi connectivity index (χ1n) is 7.20. The van der Waals surface area contributed by atoms with Gasteiger partial charge in [-0.1, -0.05) is 26.2 Å². The van der Waals surface area contributed by atoms with Crippen LogP contribution in [0.5, 0.6) is 5.75 Å². The van der Waals surface area contributed by atoms with Gasteiger partial charge in [0.05, 0.1) is 18.2 Å². The van der Waals surface area contributed by atoms with Gasteiger partial charge in [-0.05, 0) is 12.0 Å². The second kappa shape index (κ2) is 8.06. The van der Waals surface area contributed by atoms with Crippen LogP contribution in [-0.4, -0.2) is 11.3 Å². The van der Waals surface area contributed by atoms with Crippen LogP contribution in [0.3, 0.4) is 0 Å². The number of nitrogens with zero attached hydrogens (tertiary/aromatic N) is 1. The Morgan fingerprint density at radius 1 is 1.25 bits per heavy atom. The van der Waals surface area contributed by atoms with E-state index in [9.17, 15) is 0 Å². The first-order valence-corrected chi connectivity index (χ1v) is 8.26. The molecule has 0 saturated heterocycles. The van der Waals surface area contributed by atoms with Gasteiger partial charge in [0, 0.05) is 24.1 Å². The zero-order chi connectivity index (χ0) is 14.4. The van der Waals surface area contributed by atoms with Crippen molar-refractivity contribution in [2.24, 2.45) is 0 Å². The number of halogens is 2. The van der Waals surface area contributed by atoms with Crippen molar-refractivity contribution in [3.8, 4) is 5.75 Å². The van der Waals surface area contributed by atoms with Crippen molar-refractivity contribution in [1.29, 1.82) is 0 Å². The van der Waals surface area contributed by atoms with Crippen LogP contribution in [-0.2, 0) is 23.1 Å². The Morgan fingerprint density at radius 2 is 2.10 bits per heavy atom. The highest BCUT2D eigenvalue weighted by atomic mass is 35.5. The van der Waals surface area contributed by atoms with Gasteiger partial charge in [-0.15, -0.1) is 23.2 Å². The van der Waals surface area contributed by atoms with E-state index in [1.807, 2.05) is 0 Å². The predicted octanol–water partition coefficient (Wildman–Crippen LogP) is 4.76. The van der Waals surface area contributed by atoms with Crippen LogP contribution in [0.2, 0.25) is 0 Å². The van der Waals surface area contributed by atoms with E-state index < -0.39 is 0 Å². The maximum atomic E-state index is 5.95. The van der Waals surface area contributed by atoms with Gasteiger partial charge in [-0.2, -0.15) is 0 Å². The number of rotatable bonds is 7. The Balaban J connectivity index is 2.04. The summed E-state index contributed by atoms with van der Waals surface area (Å²) < 4.78 is 11.7. The number of alkyl halides is 2. The summed E-state index contributed by atoms with van der Waals surface area (Å²) in [6.45, 7) is 2.73. The van der Waals surface area contributed by atoms with Gasteiger partial charge in [-0.3, -0.25) is 4.98 Å². The summed E-state index contributed by atoms with van der Waals surface area (Å²) in [6, 6.07) is 0. The molecule has 0 spiro atoms. The molecule has 3 nitrogen and oxygen atoms in total. The van der Waals surface area contributed by atoms with E-state index in [0.29, 0.717) is 18.4 Å². The molecule has 1 atom stereocenters. The number of hydrogen-bond donors (Lipinski definition) is 0. The zero-order valence-electron chi connectivity index (χ0n) is 11.8. The molecule has 1 aliphatic heterocycles. The number of ether oxygens (including phenoxy) is 2. The fraction of sp³-hybridized carbons (Fsp3) is 0.667. The normalized spacial score (nSPS) is 17.6. The van der Waals surface area contributed by atoms with Crippen LogP contribution < -0.4 is 4.74 Å². The molecule has 1 aliphatic rings. The van der Waals surface area contributed by atoms with Crippen molar-refractivity contribution in [1.82, 2.24) is 4.98 Å². The molecule has 112 valence electrons. The average Bonchev–Trinajstić information content (AvgIpc) is 2.50. The van der Waals surface area contributed by atoms with Crippen molar-refractivity contribution in [2.45, 2.75) is 63.7 Å². The molecule has 0 aliphatic carbocycles. The molecule has 0 bridgehead atoms. The number of pyridine rings is 1. The molecule has 5 heteroatoms. The second-order valence-corrected chi connectivity index (χ2v) is 5.55. The molecular weight excluding hydrogens is 297 g/mol. The smallest absolute Gasteiger partial charge is 0.200 e. The van der Waals surface area contributed by atoms with E-state index in [-0.39, 0.29) is 6.29 Å². The summed E-state index contributed by atoms with van der Waals surface area (Å²) in [5, 5.41) is 0. The minimum atomic E-state index is -0.186. The highest BCUT2D eigenvalue weighted by Gasteiger charge is 2.25. The van der Waals surface area contributed by atoms with E-state index in [4.69, 9.17) is 32.7 Å². The summed E-state index contributed by atoms with van der Waals surface area (Å²) in [4.78, 5) is 4.33. The zero-order valence-corrected chi connectivity index (χ0v) is 13.3. The lowest BCUT2D eigenvalue weighted by Crippen LogP contribution is -2.27. The first kappa shape index (κ1) is 15.9. The highest BCUT2D eigenvalue weighted by molar-refractivity contribution is 6.17. The topological polar surface area (TPSA) is 31.4 Å². The highest BCUT2D eigenvalue weighted by Crippen LogP contribution is 2.34. The van der Waals surface area contributed by atoms with Crippen molar-refractivity contribution in [2.75, 3.05) is 0 Å². The maximum absolute atomic E-state index is 5.95. The van der Waals surface area contributed by atoms with Gasteiger partial charge in [0.1, 0.15) is 0 Å². The third kappa shape index (κ3) is 3.78. The molecule has 0 aromatic carbocycles. The number of aromatic nitrogens is 1. The largest absolute Gasteiger partial charge is 0.463 e. The van der Waals surface area contributed by atoms with Crippen LogP contribution in [0.4, 0.5) is 0 Å². The maximum Gasteiger partial charge on any atom is 0.200 e.